The van der Waals surface area contributed by atoms with Gasteiger partial charge in [0.1, 0.15) is 0 Å². The van der Waals surface area contributed by atoms with E-state index in [4.69, 9.17) is 10.9 Å². The van der Waals surface area contributed by atoms with Crippen molar-refractivity contribution in [3.8, 4) is 0 Å². The number of benzene rings is 1. The van der Waals surface area contributed by atoms with E-state index in [2.05, 4.69) is 10.5 Å². The molecular weight excluding hydrogens is 274 g/mol. The summed E-state index contributed by atoms with van der Waals surface area (Å²) in [5, 5.41) is 18.2. The monoisotopic (exact) mass is 289 g/mol. The first kappa shape index (κ1) is 14.1. The van der Waals surface area contributed by atoms with Crippen LogP contribution < -0.4 is 11.1 Å². The first-order valence-electron chi connectivity index (χ1n) is 5.99. The average Bonchev–Trinajstić information content (AvgIpc) is 2.90. The second-order valence-electron chi connectivity index (χ2n) is 4.34. The maximum absolute atomic E-state index is 12.0. The molecule has 2 aromatic rings. The van der Waals surface area contributed by atoms with E-state index in [1.165, 1.54) is 11.3 Å². The maximum atomic E-state index is 12.0. The standard InChI is InChI=1S/C14H15N3O2S/c1-9-7-20-8-12(9)14(18)16-6-10-3-2-4-11(5-10)13(15)17-19/h2-5,7-8,19H,6H2,1H3,(H2,15,17)(H,16,18). The van der Waals surface area contributed by atoms with Crippen molar-refractivity contribution < 1.29 is 10.0 Å². The summed E-state index contributed by atoms with van der Waals surface area (Å²) in [6, 6.07) is 7.18. The van der Waals surface area contributed by atoms with Gasteiger partial charge in [0.25, 0.3) is 5.91 Å². The van der Waals surface area contributed by atoms with Gasteiger partial charge in [0, 0.05) is 17.5 Å². The predicted octanol–water partition coefficient (Wildman–Crippen LogP) is 2.08. The summed E-state index contributed by atoms with van der Waals surface area (Å²) in [5.74, 6) is -0.0511. The highest BCUT2D eigenvalue weighted by molar-refractivity contribution is 7.08. The highest BCUT2D eigenvalue weighted by atomic mass is 32.1. The van der Waals surface area contributed by atoms with Crippen LogP contribution in [0.5, 0.6) is 0 Å². The molecule has 20 heavy (non-hydrogen) atoms. The Bertz CT molecular complexity index is 649. The lowest BCUT2D eigenvalue weighted by atomic mass is 10.1. The molecule has 104 valence electrons. The van der Waals surface area contributed by atoms with Crippen LogP contribution in [0.2, 0.25) is 0 Å². The van der Waals surface area contributed by atoms with Gasteiger partial charge >= 0.3 is 0 Å². The van der Waals surface area contributed by atoms with Gasteiger partial charge in [-0.25, -0.2) is 0 Å². The Balaban J connectivity index is 2.05. The van der Waals surface area contributed by atoms with Crippen LogP contribution in [-0.4, -0.2) is 17.0 Å². The van der Waals surface area contributed by atoms with Crippen LogP contribution >= 0.6 is 11.3 Å². The number of thiophene rings is 1. The summed E-state index contributed by atoms with van der Waals surface area (Å²) in [5.41, 5.74) is 8.70. The number of carbonyl (C=O) groups is 1. The molecule has 6 heteroatoms. The van der Waals surface area contributed by atoms with Gasteiger partial charge in [0.2, 0.25) is 0 Å². The number of hydrogen-bond acceptors (Lipinski definition) is 4. The summed E-state index contributed by atoms with van der Waals surface area (Å²) in [6.07, 6.45) is 0. The number of hydrogen-bond donors (Lipinski definition) is 3. The summed E-state index contributed by atoms with van der Waals surface area (Å²) < 4.78 is 0. The molecule has 0 radical (unpaired) electrons. The van der Waals surface area contributed by atoms with E-state index in [0.717, 1.165) is 11.1 Å². The van der Waals surface area contributed by atoms with E-state index in [1.807, 2.05) is 23.8 Å². The Morgan fingerprint density at radius 2 is 2.25 bits per heavy atom. The zero-order chi connectivity index (χ0) is 14.5. The van der Waals surface area contributed by atoms with Crippen molar-refractivity contribution in [3.05, 3.63) is 57.3 Å². The third kappa shape index (κ3) is 3.16. The fourth-order valence-electron chi connectivity index (χ4n) is 1.77. The Kier molecular flexibility index (Phi) is 4.37. The van der Waals surface area contributed by atoms with Gasteiger partial charge in [0.15, 0.2) is 5.84 Å². The predicted molar refractivity (Wildman–Crippen MR) is 79.2 cm³/mol. The van der Waals surface area contributed by atoms with Crippen LogP contribution in [0.4, 0.5) is 0 Å². The van der Waals surface area contributed by atoms with Crippen LogP contribution in [0.15, 0.2) is 40.2 Å². The molecule has 1 aromatic carbocycles. The summed E-state index contributed by atoms with van der Waals surface area (Å²) in [6.45, 7) is 2.30. The van der Waals surface area contributed by atoms with Gasteiger partial charge in [0.05, 0.1) is 5.56 Å². The largest absolute Gasteiger partial charge is 0.409 e. The maximum Gasteiger partial charge on any atom is 0.252 e. The Morgan fingerprint density at radius 3 is 2.90 bits per heavy atom. The number of nitrogens with two attached hydrogens (primary N) is 1. The lowest BCUT2D eigenvalue weighted by molar-refractivity contribution is 0.0951. The number of amides is 1. The zero-order valence-corrected chi connectivity index (χ0v) is 11.8. The molecule has 0 saturated carbocycles. The normalized spacial score (nSPS) is 11.3. The van der Waals surface area contributed by atoms with E-state index in [1.54, 1.807) is 18.2 Å². The van der Waals surface area contributed by atoms with Crippen LogP contribution in [0, 0.1) is 6.92 Å². The molecule has 0 bridgehead atoms. The van der Waals surface area contributed by atoms with Crippen molar-refractivity contribution in [2.45, 2.75) is 13.5 Å². The molecular formula is C14H15N3O2S. The number of nitrogens with zero attached hydrogens (tertiary/aromatic N) is 1. The molecule has 2 rings (SSSR count). The molecule has 0 fully saturated rings. The highest BCUT2D eigenvalue weighted by Gasteiger charge is 2.09. The van der Waals surface area contributed by atoms with E-state index in [0.29, 0.717) is 17.7 Å². The molecule has 5 nitrogen and oxygen atoms in total. The summed E-state index contributed by atoms with van der Waals surface area (Å²) >= 11 is 1.50. The van der Waals surface area contributed by atoms with Crippen molar-refractivity contribution in [2.24, 2.45) is 10.9 Å². The van der Waals surface area contributed by atoms with Crippen LogP contribution in [-0.2, 0) is 6.54 Å². The SMILES string of the molecule is Cc1cscc1C(=O)NCc1cccc(C(N)=NO)c1. The topological polar surface area (TPSA) is 87.7 Å². The highest BCUT2D eigenvalue weighted by Crippen LogP contribution is 2.13. The summed E-state index contributed by atoms with van der Waals surface area (Å²) in [4.78, 5) is 12.0. The molecule has 0 spiro atoms. The third-order valence-corrected chi connectivity index (χ3v) is 3.75. The molecule has 0 unspecified atom stereocenters. The van der Waals surface area contributed by atoms with Gasteiger partial charge in [-0.1, -0.05) is 23.4 Å². The summed E-state index contributed by atoms with van der Waals surface area (Å²) in [7, 11) is 0. The van der Waals surface area contributed by atoms with Crippen molar-refractivity contribution in [1.29, 1.82) is 0 Å². The molecule has 1 aromatic heterocycles. The Morgan fingerprint density at radius 1 is 1.45 bits per heavy atom. The first-order chi connectivity index (χ1) is 9.61. The Hall–Kier alpha value is -2.34. The molecule has 1 amide bonds. The van der Waals surface area contributed by atoms with Crippen LogP contribution in [0.1, 0.15) is 27.0 Å². The fourth-order valence-corrected chi connectivity index (χ4v) is 2.60. The quantitative estimate of drug-likeness (QED) is 0.348. The van der Waals surface area contributed by atoms with Crippen LogP contribution in [0.3, 0.4) is 0 Å². The van der Waals surface area contributed by atoms with Gasteiger partial charge in [-0.15, -0.1) is 0 Å². The van der Waals surface area contributed by atoms with E-state index in [-0.39, 0.29) is 11.7 Å². The number of amidine groups is 1. The molecule has 0 aliphatic carbocycles. The van der Waals surface area contributed by atoms with Gasteiger partial charge < -0.3 is 16.3 Å². The zero-order valence-electron chi connectivity index (χ0n) is 11.0. The molecule has 0 saturated heterocycles. The van der Waals surface area contributed by atoms with Gasteiger partial charge in [-0.2, -0.15) is 11.3 Å². The lowest BCUT2D eigenvalue weighted by Crippen LogP contribution is -2.23. The number of rotatable bonds is 4. The van der Waals surface area contributed by atoms with Crippen molar-refractivity contribution in [1.82, 2.24) is 5.32 Å². The molecule has 0 aliphatic rings. The van der Waals surface area contributed by atoms with E-state index < -0.39 is 0 Å². The average molecular weight is 289 g/mol. The number of nitrogens with one attached hydrogen (secondary N) is 1. The van der Waals surface area contributed by atoms with E-state index in [9.17, 15) is 4.79 Å². The lowest BCUT2D eigenvalue weighted by Gasteiger charge is -2.06. The second-order valence-corrected chi connectivity index (χ2v) is 5.08. The van der Waals surface area contributed by atoms with Gasteiger partial charge in [-0.05, 0) is 29.5 Å². The van der Waals surface area contributed by atoms with Crippen molar-refractivity contribution in [2.75, 3.05) is 0 Å². The third-order valence-electron chi connectivity index (χ3n) is 2.88. The molecule has 0 aliphatic heterocycles. The number of carbonyl (C=O) groups excluding carboxylic acids is 1. The number of oxime groups is 1. The van der Waals surface area contributed by atoms with E-state index >= 15 is 0 Å². The first-order valence-corrected chi connectivity index (χ1v) is 6.94. The minimum Gasteiger partial charge on any atom is -0.409 e. The second kappa shape index (κ2) is 6.21. The fraction of sp³-hybridized carbons (Fsp3) is 0.143. The smallest absolute Gasteiger partial charge is 0.252 e. The van der Waals surface area contributed by atoms with Crippen molar-refractivity contribution in [3.63, 3.8) is 0 Å². The molecule has 0 atom stereocenters. The minimum absolute atomic E-state index is 0.0480. The molecule has 1 heterocycles. The van der Waals surface area contributed by atoms with Crippen molar-refractivity contribution >= 4 is 23.1 Å². The van der Waals surface area contributed by atoms with Gasteiger partial charge in [-0.3, -0.25) is 4.79 Å². The van der Waals surface area contributed by atoms with Crippen LogP contribution in [0.25, 0.3) is 0 Å². The molecule has 4 N–H and O–H groups in total. The Labute approximate surface area is 120 Å². The number of aryl methyl sites for hydroxylation is 1. The minimum atomic E-state index is -0.0991.